The zero-order chi connectivity index (χ0) is 12.3. The molecular weight excluding hydrogens is 214 g/mol. The summed E-state index contributed by atoms with van der Waals surface area (Å²) in [6, 6.07) is 5.49. The standard InChI is InChI=1S/C14H19NO2/c1-11-6-5-7-13(16)12(11)10-15-9-4-2-3-8-14(15)17/h5-7,16H,2-4,8-10H2,1H3. The van der Waals surface area contributed by atoms with E-state index in [1.165, 1.54) is 0 Å². The highest BCUT2D eigenvalue weighted by Crippen LogP contribution is 2.23. The summed E-state index contributed by atoms with van der Waals surface area (Å²) in [5.41, 5.74) is 1.92. The van der Waals surface area contributed by atoms with Crippen molar-refractivity contribution < 1.29 is 9.90 Å². The van der Waals surface area contributed by atoms with Gasteiger partial charge in [0.15, 0.2) is 0 Å². The Morgan fingerprint density at radius 3 is 2.88 bits per heavy atom. The van der Waals surface area contributed by atoms with Crippen LogP contribution in [0.5, 0.6) is 5.75 Å². The first-order chi connectivity index (χ1) is 8.18. The summed E-state index contributed by atoms with van der Waals surface area (Å²) in [6.45, 7) is 3.32. The van der Waals surface area contributed by atoms with Crippen LogP contribution in [0.2, 0.25) is 0 Å². The Balaban J connectivity index is 2.16. The second-order valence-corrected chi connectivity index (χ2v) is 4.70. The van der Waals surface area contributed by atoms with Gasteiger partial charge < -0.3 is 10.0 Å². The highest BCUT2D eigenvalue weighted by molar-refractivity contribution is 5.76. The molecule has 0 bridgehead atoms. The Bertz CT molecular complexity index is 394. The number of aromatic hydroxyl groups is 1. The van der Waals surface area contributed by atoms with Gasteiger partial charge in [-0.05, 0) is 31.4 Å². The number of nitrogens with zero attached hydrogens (tertiary/aromatic N) is 1. The molecule has 92 valence electrons. The maximum absolute atomic E-state index is 11.9. The fraction of sp³-hybridized carbons (Fsp3) is 0.500. The number of benzene rings is 1. The summed E-state index contributed by atoms with van der Waals surface area (Å²) in [7, 11) is 0. The monoisotopic (exact) mass is 233 g/mol. The molecule has 1 aromatic carbocycles. The van der Waals surface area contributed by atoms with Crippen LogP contribution in [0.1, 0.15) is 36.8 Å². The van der Waals surface area contributed by atoms with Crippen molar-refractivity contribution in [2.45, 2.75) is 39.2 Å². The van der Waals surface area contributed by atoms with E-state index in [1.54, 1.807) is 6.07 Å². The van der Waals surface area contributed by atoms with Crippen LogP contribution in [0, 0.1) is 6.92 Å². The van der Waals surface area contributed by atoms with Crippen molar-refractivity contribution in [3.8, 4) is 5.75 Å². The van der Waals surface area contributed by atoms with Crippen LogP contribution >= 0.6 is 0 Å². The van der Waals surface area contributed by atoms with Crippen LogP contribution in [0.3, 0.4) is 0 Å². The maximum atomic E-state index is 11.9. The lowest BCUT2D eigenvalue weighted by molar-refractivity contribution is -0.131. The number of phenolic OH excluding ortho intramolecular Hbond substituents is 1. The molecule has 0 unspecified atom stereocenters. The summed E-state index contributed by atoms with van der Waals surface area (Å²) in [5.74, 6) is 0.507. The number of phenols is 1. The van der Waals surface area contributed by atoms with E-state index in [2.05, 4.69) is 0 Å². The minimum absolute atomic E-state index is 0.213. The first kappa shape index (κ1) is 12.0. The Hall–Kier alpha value is -1.51. The summed E-state index contributed by atoms with van der Waals surface area (Å²) in [5, 5.41) is 9.84. The van der Waals surface area contributed by atoms with Crippen LogP contribution in [-0.4, -0.2) is 22.5 Å². The predicted molar refractivity (Wildman–Crippen MR) is 66.7 cm³/mol. The van der Waals surface area contributed by atoms with Crippen molar-refractivity contribution in [1.29, 1.82) is 0 Å². The Kier molecular flexibility index (Phi) is 3.67. The van der Waals surface area contributed by atoms with Gasteiger partial charge in [0, 0.05) is 25.1 Å². The molecule has 1 saturated heterocycles. The maximum Gasteiger partial charge on any atom is 0.222 e. The van der Waals surface area contributed by atoms with Crippen molar-refractivity contribution in [1.82, 2.24) is 4.90 Å². The third-order valence-electron chi connectivity index (χ3n) is 3.41. The molecule has 1 aliphatic rings. The van der Waals surface area contributed by atoms with E-state index in [-0.39, 0.29) is 5.91 Å². The normalized spacial score (nSPS) is 17.0. The third kappa shape index (κ3) is 2.78. The molecule has 17 heavy (non-hydrogen) atoms. The van der Waals surface area contributed by atoms with Crippen molar-refractivity contribution in [2.75, 3.05) is 6.54 Å². The van der Waals surface area contributed by atoms with E-state index in [0.29, 0.717) is 18.7 Å². The van der Waals surface area contributed by atoms with Crippen LogP contribution in [0.15, 0.2) is 18.2 Å². The Morgan fingerprint density at radius 1 is 1.29 bits per heavy atom. The summed E-state index contributed by atoms with van der Waals surface area (Å²) in [6.07, 6.45) is 3.84. The molecule has 2 rings (SSSR count). The average molecular weight is 233 g/mol. The molecule has 1 aliphatic heterocycles. The SMILES string of the molecule is Cc1cccc(O)c1CN1CCCCCC1=O. The molecule has 1 aromatic rings. The van der Waals surface area contributed by atoms with Crippen LogP contribution in [0.4, 0.5) is 0 Å². The predicted octanol–water partition coefficient (Wildman–Crippen LogP) is 2.60. The van der Waals surface area contributed by atoms with Gasteiger partial charge in [0.2, 0.25) is 5.91 Å². The van der Waals surface area contributed by atoms with E-state index in [0.717, 1.165) is 36.9 Å². The van der Waals surface area contributed by atoms with Crippen LogP contribution < -0.4 is 0 Å². The molecule has 3 heteroatoms. The number of likely N-dealkylation sites (tertiary alicyclic amines) is 1. The van der Waals surface area contributed by atoms with Gasteiger partial charge in [-0.2, -0.15) is 0 Å². The number of carbonyl (C=O) groups is 1. The molecule has 1 fully saturated rings. The number of aryl methyl sites for hydroxylation is 1. The van der Waals surface area contributed by atoms with E-state index in [9.17, 15) is 9.90 Å². The Morgan fingerprint density at radius 2 is 2.12 bits per heavy atom. The molecule has 1 heterocycles. The van der Waals surface area contributed by atoms with Gasteiger partial charge >= 0.3 is 0 Å². The highest BCUT2D eigenvalue weighted by Gasteiger charge is 2.18. The molecule has 0 saturated carbocycles. The number of carbonyl (C=O) groups excluding carboxylic acids is 1. The fourth-order valence-corrected chi connectivity index (χ4v) is 2.29. The van der Waals surface area contributed by atoms with Gasteiger partial charge in [-0.1, -0.05) is 18.6 Å². The largest absolute Gasteiger partial charge is 0.508 e. The molecular formula is C14H19NO2. The molecule has 0 aromatic heterocycles. The van der Waals surface area contributed by atoms with E-state index in [1.807, 2.05) is 24.0 Å². The van der Waals surface area contributed by atoms with Gasteiger partial charge in [0.05, 0.1) is 0 Å². The first-order valence-corrected chi connectivity index (χ1v) is 6.23. The van der Waals surface area contributed by atoms with Gasteiger partial charge in [0.1, 0.15) is 5.75 Å². The minimum Gasteiger partial charge on any atom is -0.508 e. The lowest BCUT2D eigenvalue weighted by atomic mass is 10.1. The number of rotatable bonds is 2. The van der Waals surface area contributed by atoms with Gasteiger partial charge in [-0.25, -0.2) is 0 Å². The lowest BCUT2D eigenvalue weighted by Crippen LogP contribution is -2.30. The number of hydrogen-bond acceptors (Lipinski definition) is 2. The van der Waals surface area contributed by atoms with Crippen molar-refractivity contribution in [2.24, 2.45) is 0 Å². The zero-order valence-electron chi connectivity index (χ0n) is 10.3. The van der Waals surface area contributed by atoms with Gasteiger partial charge in [-0.3, -0.25) is 4.79 Å². The molecule has 0 spiro atoms. The van der Waals surface area contributed by atoms with Crippen LogP contribution in [0.25, 0.3) is 0 Å². The van der Waals surface area contributed by atoms with E-state index in [4.69, 9.17) is 0 Å². The summed E-state index contributed by atoms with van der Waals surface area (Å²) >= 11 is 0. The second kappa shape index (κ2) is 5.21. The summed E-state index contributed by atoms with van der Waals surface area (Å²) < 4.78 is 0. The summed E-state index contributed by atoms with van der Waals surface area (Å²) in [4.78, 5) is 13.8. The molecule has 0 atom stereocenters. The first-order valence-electron chi connectivity index (χ1n) is 6.23. The number of hydrogen-bond donors (Lipinski definition) is 1. The van der Waals surface area contributed by atoms with Crippen molar-refractivity contribution in [3.05, 3.63) is 29.3 Å². The molecule has 0 radical (unpaired) electrons. The van der Waals surface area contributed by atoms with Crippen LogP contribution in [-0.2, 0) is 11.3 Å². The minimum atomic E-state index is 0.213. The third-order valence-corrected chi connectivity index (χ3v) is 3.41. The van der Waals surface area contributed by atoms with Gasteiger partial charge in [-0.15, -0.1) is 0 Å². The van der Waals surface area contributed by atoms with Crippen molar-refractivity contribution in [3.63, 3.8) is 0 Å². The quantitative estimate of drug-likeness (QED) is 0.853. The van der Waals surface area contributed by atoms with E-state index < -0.39 is 0 Å². The lowest BCUT2D eigenvalue weighted by Gasteiger charge is -2.22. The smallest absolute Gasteiger partial charge is 0.222 e. The molecule has 1 N–H and O–H groups in total. The highest BCUT2D eigenvalue weighted by atomic mass is 16.3. The Labute approximate surface area is 102 Å². The van der Waals surface area contributed by atoms with Gasteiger partial charge in [0.25, 0.3) is 0 Å². The molecule has 0 aliphatic carbocycles. The molecule has 3 nitrogen and oxygen atoms in total. The number of amides is 1. The topological polar surface area (TPSA) is 40.5 Å². The van der Waals surface area contributed by atoms with E-state index >= 15 is 0 Å². The fourth-order valence-electron chi connectivity index (χ4n) is 2.29. The van der Waals surface area contributed by atoms with Crippen molar-refractivity contribution >= 4 is 5.91 Å². The average Bonchev–Trinajstić information content (AvgIpc) is 2.49. The zero-order valence-corrected chi connectivity index (χ0v) is 10.3. The second-order valence-electron chi connectivity index (χ2n) is 4.70. The molecule has 1 amide bonds.